The lowest BCUT2D eigenvalue weighted by Gasteiger charge is -2.48. The predicted octanol–water partition coefficient (Wildman–Crippen LogP) is 4.66. The fourth-order valence-electron chi connectivity index (χ4n) is 4.47. The SMILES string of the molecule is C=CC1=C(C=C)C2(CCCCC2)c2ccccc2N1CCC(=N)N. The number of benzene rings is 1. The zero-order valence-electron chi connectivity index (χ0n) is 14.4. The molecule has 3 heteroatoms. The van der Waals surface area contributed by atoms with Crippen LogP contribution in [0.3, 0.4) is 0 Å². The summed E-state index contributed by atoms with van der Waals surface area (Å²) in [4.78, 5) is 2.26. The summed E-state index contributed by atoms with van der Waals surface area (Å²) in [7, 11) is 0. The van der Waals surface area contributed by atoms with Gasteiger partial charge in [0.25, 0.3) is 0 Å². The van der Waals surface area contributed by atoms with Gasteiger partial charge in [-0.1, -0.05) is 56.7 Å². The predicted molar refractivity (Wildman–Crippen MR) is 103 cm³/mol. The number of fused-ring (bicyclic) bond motifs is 2. The summed E-state index contributed by atoms with van der Waals surface area (Å²) in [6, 6.07) is 8.69. The Hall–Kier alpha value is -2.29. The fraction of sp³-hybridized carbons (Fsp3) is 0.381. The van der Waals surface area contributed by atoms with Crippen LogP contribution in [0.5, 0.6) is 0 Å². The lowest BCUT2D eigenvalue weighted by atomic mass is 9.62. The summed E-state index contributed by atoms with van der Waals surface area (Å²) in [6.07, 6.45) is 10.7. The van der Waals surface area contributed by atoms with E-state index in [9.17, 15) is 0 Å². The van der Waals surface area contributed by atoms with Crippen LogP contribution in [-0.2, 0) is 5.41 Å². The number of rotatable bonds is 5. The first-order valence-corrected chi connectivity index (χ1v) is 8.83. The molecular formula is C21H27N3. The minimum absolute atomic E-state index is 0.0623. The van der Waals surface area contributed by atoms with E-state index < -0.39 is 0 Å². The van der Waals surface area contributed by atoms with Crippen LogP contribution in [0.4, 0.5) is 5.69 Å². The van der Waals surface area contributed by atoms with Gasteiger partial charge in [-0.15, -0.1) is 0 Å². The molecule has 0 radical (unpaired) electrons. The molecule has 0 aromatic heterocycles. The molecule has 1 heterocycles. The Morgan fingerprint density at radius 2 is 1.88 bits per heavy atom. The molecule has 3 N–H and O–H groups in total. The van der Waals surface area contributed by atoms with Crippen LogP contribution in [0.2, 0.25) is 0 Å². The standard InChI is InChI=1S/C21H27N3/c1-3-16-18(4-2)24(15-12-20(22)23)19-11-7-6-10-17(19)21(16)13-8-5-9-14-21/h3-4,6-7,10-11H,1-2,5,8-9,12-15H2,(H3,22,23). The van der Waals surface area contributed by atoms with Crippen LogP contribution >= 0.6 is 0 Å². The van der Waals surface area contributed by atoms with Crippen LogP contribution in [-0.4, -0.2) is 12.4 Å². The van der Waals surface area contributed by atoms with Crippen molar-refractivity contribution in [3.05, 3.63) is 66.4 Å². The number of para-hydroxylation sites is 1. The summed E-state index contributed by atoms with van der Waals surface area (Å²) < 4.78 is 0. The fourth-order valence-corrected chi connectivity index (χ4v) is 4.47. The maximum absolute atomic E-state index is 7.59. The average molecular weight is 321 g/mol. The Morgan fingerprint density at radius 1 is 1.17 bits per heavy atom. The van der Waals surface area contributed by atoms with Gasteiger partial charge < -0.3 is 10.6 Å². The van der Waals surface area contributed by atoms with Crippen molar-refractivity contribution < 1.29 is 0 Å². The van der Waals surface area contributed by atoms with Crippen LogP contribution in [0.25, 0.3) is 0 Å². The monoisotopic (exact) mass is 321 g/mol. The van der Waals surface area contributed by atoms with Crippen molar-refractivity contribution in [2.24, 2.45) is 5.73 Å². The highest BCUT2D eigenvalue weighted by molar-refractivity contribution is 5.78. The number of nitrogens with one attached hydrogen (secondary N) is 1. The third-order valence-electron chi connectivity index (χ3n) is 5.50. The second-order valence-electron chi connectivity index (χ2n) is 6.79. The summed E-state index contributed by atoms with van der Waals surface area (Å²) in [5.74, 6) is 0.217. The summed E-state index contributed by atoms with van der Waals surface area (Å²) in [5, 5.41) is 7.59. The number of allylic oxidation sites excluding steroid dienone is 3. The minimum Gasteiger partial charge on any atom is -0.388 e. The van der Waals surface area contributed by atoms with Crippen LogP contribution in [0, 0.1) is 5.41 Å². The molecule has 1 aliphatic carbocycles. The molecule has 0 atom stereocenters. The molecule has 1 saturated carbocycles. The quantitative estimate of drug-likeness (QED) is 0.612. The molecule has 0 unspecified atom stereocenters. The number of anilines is 1. The molecule has 1 aromatic carbocycles. The van der Waals surface area contributed by atoms with Crippen molar-refractivity contribution in [2.75, 3.05) is 11.4 Å². The van der Waals surface area contributed by atoms with E-state index in [2.05, 4.69) is 42.3 Å². The zero-order valence-corrected chi connectivity index (χ0v) is 14.4. The Bertz CT molecular complexity index is 693. The molecule has 3 nitrogen and oxygen atoms in total. The summed E-state index contributed by atoms with van der Waals surface area (Å²) in [5.41, 5.74) is 10.7. The van der Waals surface area contributed by atoms with Crippen LogP contribution in [0.1, 0.15) is 44.1 Å². The van der Waals surface area contributed by atoms with Gasteiger partial charge in [0.2, 0.25) is 0 Å². The van der Waals surface area contributed by atoms with E-state index in [1.807, 2.05) is 12.2 Å². The highest BCUT2D eigenvalue weighted by Crippen LogP contribution is 2.53. The zero-order chi connectivity index (χ0) is 17.2. The first-order chi connectivity index (χ1) is 11.6. The second kappa shape index (κ2) is 6.68. The molecule has 0 amide bonds. The van der Waals surface area contributed by atoms with E-state index >= 15 is 0 Å². The molecule has 1 aliphatic heterocycles. The lowest BCUT2D eigenvalue weighted by Crippen LogP contribution is -2.41. The van der Waals surface area contributed by atoms with Gasteiger partial charge in [-0.05, 0) is 36.1 Å². The number of amidine groups is 1. The Kier molecular flexibility index (Phi) is 4.61. The van der Waals surface area contributed by atoms with Crippen LogP contribution in [0.15, 0.2) is 60.8 Å². The molecule has 1 aromatic rings. The summed E-state index contributed by atoms with van der Waals surface area (Å²) in [6.45, 7) is 8.91. The van der Waals surface area contributed by atoms with Crippen molar-refractivity contribution >= 4 is 11.5 Å². The normalized spacial score (nSPS) is 19.1. The average Bonchev–Trinajstić information content (AvgIpc) is 2.61. The van der Waals surface area contributed by atoms with Gasteiger partial charge >= 0.3 is 0 Å². The third-order valence-corrected chi connectivity index (χ3v) is 5.50. The Morgan fingerprint density at radius 3 is 2.50 bits per heavy atom. The smallest absolute Gasteiger partial charge is 0.0923 e. The molecule has 126 valence electrons. The minimum atomic E-state index is 0.0623. The Balaban J connectivity index is 2.19. The third kappa shape index (κ3) is 2.58. The van der Waals surface area contributed by atoms with Crippen molar-refractivity contribution in [2.45, 2.75) is 43.9 Å². The molecule has 1 spiro atoms. The molecule has 1 fully saturated rings. The Labute approximate surface area is 145 Å². The first-order valence-electron chi connectivity index (χ1n) is 8.83. The molecular weight excluding hydrogens is 294 g/mol. The highest BCUT2D eigenvalue weighted by atomic mass is 15.2. The van der Waals surface area contributed by atoms with Crippen molar-refractivity contribution in [3.63, 3.8) is 0 Å². The van der Waals surface area contributed by atoms with Gasteiger partial charge in [0.15, 0.2) is 0 Å². The van der Waals surface area contributed by atoms with Gasteiger partial charge in [-0.25, -0.2) is 0 Å². The number of nitrogens with zero attached hydrogens (tertiary/aromatic N) is 1. The number of hydrogen-bond acceptors (Lipinski definition) is 2. The molecule has 0 saturated heterocycles. The van der Waals surface area contributed by atoms with Gasteiger partial charge in [0.1, 0.15) is 0 Å². The lowest BCUT2D eigenvalue weighted by molar-refractivity contribution is 0.340. The summed E-state index contributed by atoms with van der Waals surface area (Å²) >= 11 is 0. The van der Waals surface area contributed by atoms with E-state index in [1.54, 1.807) is 0 Å². The maximum Gasteiger partial charge on any atom is 0.0923 e. The van der Waals surface area contributed by atoms with Crippen LogP contribution < -0.4 is 10.6 Å². The second-order valence-corrected chi connectivity index (χ2v) is 6.79. The molecule has 24 heavy (non-hydrogen) atoms. The van der Waals surface area contributed by atoms with Crippen molar-refractivity contribution in [3.8, 4) is 0 Å². The van der Waals surface area contributed by atoms with E-state index in [-0.39, 0.29) is 11.3 Å². The number of nitrogens with two attached hydrogens (primary N) is 1. The van der Waals surface area contributed by atoms with E-state index in [0.29, 0.717) is 13.0 Å². The highest BCUT2D eigenvalue weighted by Gasteiger charge is 2.43. The van der Waals surface area contributed by atoms with Crippen molar-refractivity contribution in [1.29, 1.82) is 5.41 Å². The van der Waals surface area contributed by atoms with E-state index in [4.69, 9.17) is 11.1 Å². The van der Waals surface area contributed by atoms with Gasteiger partial charge in [0.05, 0.1) is 5.84 Å². The molecule has 3 rings (SSSR count). The van der Waals surface area contributed by atoms with E-state index in [0.717, 1.165) is 5.70 Å². The van der Waals surface area contributed by atoms with Gasteiger partial charge in [0, 0.05) is 29.8 Å². The molecule has 0 bridgehead atoms. The van der Waals surface area contributed by atoms with Crippen molar-refractivity contribution in [1.82, 2.24) is 0 Å². The van der Waals surface area contributed by atoms with Gasteiger partial charge in [-0.3, -0.25) is 5.41 Å². The first kappa shape index (κ1) is 16.6. The topological polar surface area (TPSA) is 53.1 Å². The maximum atomic E-state index is 7.59. The largest absolute Gasteiger partial charge is 0.388 e. The molecule has 2 aliphatic rings. The number of hydrogen-bond donors (Lipinski definition) is 2. The van der Waals surface area contributed by atoms with E-state index in [1.165, 1.54) is 48.9 Å². The van der Waals surface area contributed by atoms with Gasteiger partial charge in [-0.2, -0.15) is 0 Å².